The fourth-order valence-corrected chi connectivity index (χ4v) is 1.66. The van der Waals surface area contributed by atoms with Crippen LogP contribution in [-0.2, 0) is 4.79 Å². The third-order valence-corrected chi connectivity index (χ3v) is 2.40. The summed E-state index contributed by atoms with van der Waals surface area (Å²) in [7, 11) is 0. The lowest BCUT2D eigenvalue weighted by atomic mass is 9.79. The maximum absolute atomic E-state index is 11.4. The molecule has 2 aliphatic rings. The highest BCUT2D eigenvalue weighted by molar-refractivity contribution is 5.92. The lowest BCUT2D eigenvalue weighted by Crippen LogP contribution is -2.35. The Bertz CT molecular complexity index is 386. The first-order chi connectivity index (χ1) is 6.23. The summed E-state index contributed by atoms with van der Waals surface area (Å²) in [6.07, 6.45) is 1.57. The molecule has 2 aliphatic heterocycles. The summed E-state index contributed by atoms with van der Waals surface area (Å²) in [4.78, 5) is 11.4. The summed E-state index contributed by atoms with van der Waals surface area (Å²) >= 11 is 0. The van der Waals surface area contributed by atoms with Crippen LogP contribution in [0.2, 0.25) is 0 Å². The second-order valence-electron chi connectivity index (χ2n) is 3.08. The molecule has 1 saturated heterocycles. The molecule has 0 radical (unpaired) electrons. The fourth-order valence-electron chi connectivity index (χ4n) is 1.66. The van der Waals surface area contributed by atoms with Gasteiger partial charge in [-0.2, -0.15) is 10.5 Å². The number of hydrogen-bond acceptors (Lipinski definition) is 4. The molecule has 0 aromatic carbocycles. The SMILES string of the molecule is N#CC1=CNC2CC1(C#N)C(=O)N2. The van der Waals surface area contributed by atoms with Crippen LogP contribution in [0.4, 0.5) is 0 Å². The van der Waals surface area contributed by atoms with Gasteiger partial charge in [-0.1, -0.05) is 0 Å². The van der Waals surface area contributed by atoms with E-state index in [2.05, 4.69) is 10.6 Å². The van der Waals surface area contributed by atoms with Gasteiger partial charge in [-0.05, 0) is 0 Å². The van der Waals surface area contributed by atoms with E-state index < -0.39 is 5.41 Å². The number of carbonyl (C=O) groups excluding carboxylic acids is 1. The summed E-state index contributed by atoms with van der Waals surface area (Å²) in [6, 6.07) is 3.79. The van der Waals surface area contributed by atoms with E-state index >= 15 is 0 Å². The number of nitrogens with one attached hydrogen (secondary N) is 2. The molecule has 0 aliphatic carbocycles. The van der Waals surface area contributed by atoms with Crippen LogP contribution >= 0.6 is 0 Å². The summed E-state index contributed by atoms with van der Waals surface area (Å²) < 4.78 is 0. The molecule has 2 heterocycles. The van der Waals surface area contributed by atoms with Gasteiger partial charge < -0.3 is 10.6 Å². The molecule has 1 amide bonds. The van der Waals surface area contributed by atoms with E-state index in [1.807, 2.05) is 12.1 Å². The molecular weight excluding hydrogens is 168 g/mol. The normalized spacial score (nSPS) is 35.1. The molecule has 2 N–H and O–H groups in total. The minimum atomic E-state index is -1.25. The van der Waals surface area contributed by atoms with Crippen molar-refractivity contribution in [1.82, 2.24) is 10.6 Å². The Morgan fingerprint density at radius 2 is 2.38 bits per heavy atom. The van der Waals surface area contributed by atoms with Gasteiger partial charge in [0.2, 0.25) is 5.91 Å². The third-order valence-electron chi connectivity index (χ3n) is 2.40. The Balaban J connectivity index is 2.55. The first-order valence-electron chi connectivity index (χ1n) is 3.82. The molecular formula is C8H6N4O. The molecule has 1 fully saturated rings. The van der Waals surface area contributed by atoms with Gasteiger partial charge in [0.25, 0.3) is 0 Å². The van der Waals surface area contributed by atoms with Crippen molar-refractivity contribution in [2.45, 2.75) is 12.6 Å². The molecule has 2 rings (SSSR count). The van der Waals surface area contributed by atoms with E-state index in [-0.39, 0.29) is 17.6 Å². The van der Waals surface area contributed by atoms with Crippen LogP contribution in [0.5, 0.6) is 0 Å². The van der Waals surface area contributed by atoms with Gasteiger partial charge in [0.15, 0.2) is 5.41 Å². The summed E-state index contributed by atoms with van der Waals surface area (Å²) in [5, 5.41) is 23.1. The van der Waals surface area contributed by atoms with Crippen LogP contribution in [0.15, 0.2) is 11.8 Å². The minimum absolute atomic E-state index is 0.196. The van der Waals surface area contributed by atoms with Crippen molar-refractivity contribution in [2.24, 2.45) is 5.41 Å². The molecule has 0 saturated carbocycles. The van der Waals surface area contributed by atoms with Gasteiger partial charge in [0.1, 0.15) is 6.17 Å². The van der Waals surface area contributed by atoms with Crippen molar-refractivity contribution in [3.63, 3.8) is 0 Å². The first-order valence-corrected chi connectivity index (χ1v) is 3.82. The molecule has 0 aromatic rings. The van der Waals surface area contributed by atoms with E-state index in [1.54, 1.807) is 0 Å². The number of carbonyl (C=O) groups is 1. The minimum Gasteiger partial charge on any atom is -0.370 e. The quantitative estimate of drug-likeness (QED) is 0.511. The van der Waals surface area contributed by atoms with E-state index in [1.165, 1.54) is 6.20 Å². The highest BCUT2D eigenvalue weighted by Crippen LogP contribution is 2.38. The molecule has 5 heteroatoms. The maximum atomic E-state index is 11.4. The van der Waals surface area contributed by atoms with Crippen LogP contribution < -0.4 is 10.6 Å². The van der Waals surface area contributed by atoms with E-state index in [9.17, 15) is 4.79 Å². The summed E-state index contributed by atoms with van der Waals surface area (Å²) in [6.45, 7) is 0. The Labute approximate surface area is 74.6 Å². The topological polar surface area (TPSA) is 88.7 Å². The predicted molar refractivity (Wildman–Crippen MR) is 41.4 cm³/mol. The molecule has 13 heavy (non-hydrogen) atoms. The van der Waals surface area contributed by atoms with Gasteiger partial charge in [-0.3, -0.25) is 4.79 Å². The van der Waals surface area contributed by atoms with Crippen LogP contribution in [0.3, 0.4) is 0 Å². The van der Waals surface area contributed by atoms with Crippen molar-refractivity contribution >= 4 is 5.91 Å². The van der Waals surface area contributed by atoms with Crippen molar-refractivity contribution in [3.05, 3.63) is 11.8 Å². The van der Waals surface area contributed by atoms with Crippen molar-refractivity contribution in [1.29, 1.82) is 10.5 Å². The van der Waals surface area contributed by atoms with Crippen molar-refractivity contribution < 1.29 is 4.79 Å². The van der Waals surface area contributed by atoms with Gasteiger partial charge in [0.05, 0.1) is 17.7 Å². The second kappa shape index (κ2) is 2.24. The number of fused-ring (bicyclic) bond motifs is 2. The number of nitriles is 2. The average Bonchev–Trinajstić information content (AvgIpc) is 2.41. The lowest BCUT2D eigenvalue weighted by Gasteiger charge is -2.20. The zero-order valence-electron chi connectivity index (χ0n) is 6.66. The molecule has 2 unspecified atom stereocenters. The van der Waals surface area contributed by atoms with E-state index in [4.69, 9.17) is 10.5 Å². The van der Waals surface area contributed by atoms with Gasteiger partial charge in [0, 0.05) is 12.6 Å². The standard InChI is InChI=1S/C8H6N4O/c9-2-5-3-11-6-1-8(5,4-10)7(13)12-6/h3,6,11H,1H2,(H,12,13). The van der Waals surface area contributed by atoms with E-state index in [0.717, 1.165) is 0 Å². The van der Waals surface area contributed by atoms with Crippen molar-refractivity contribution in [3.8, 4) is 12.1 Å². The predicted octanol–water partition coefficient (Wildman–Crippen LogP) is -0.647. The summed E-state index contributed by atoms with van der Waals surface area (Å²) in [5.41, 5.74) is -1.05. The number of nitrogens with zero attached hydrogens (tertiary/aromatic N) is 2. The average molecular weight is 174 g/mol. The maximum Gasteiger partial charge on any atom is 0.247 e. The highest BCUT2D eigenvalue weighted by atomic mass is 16.2. The van der Waals surface area contributed by atoms with Gasteiger partial charge >= 0.3 is 0 Å². The Morgan fingerprint density at radius 3 is 3.00 bits per heavy atom. The van der Waals surface area contributed by atoms with Crippen LogP contribution in [-0.4, -0.2) is 12.1 Å². The Kier molecular flexibility index (Phi) is 1.31. The monoisotopic (exact) mass is 174 g/mol. The molecule has 2 bridgehead atoms. The van der Waals surface area contributed by atoms with E-state index in [0.29, 0.717) is 6.42 Å². The Hall–Kier alpha value is -2.01. The smallest absolute Gasteiger partial charge is 0.247 e. The zero-order valence-corrected chi connectivity index (χ0v) is 6.66. The number of rotatable bonds is 0. The van der Waals surface area contributed by atoms with Crippen LogP contribution in [0.1, 0.15) is 6.42 Å². The van der Waals surface area contributed by atoms with Crippen LogP contribution in [0.25, 0.3) is 0 Å². The van der Waals surface area contributed by atoms with Crippen molar-refractivity contribution in [2.75, 3.05) is 0 Å². The molecule has 2 atom stereocenters. The molecule has 0 aromatic heterocycles. The Morgan fingerprint density at radius 1 is 1.62 bits per heavy atom. The zero-order chi connectivity index (χ0) is 9.47. The first kappa shape index (κ1) is 7.63. The lowest BCUT2D eigenvalue weighted by molar-refractivity contribution is -0.123. The number of hydrogen-bond donors (Lipinski definition) is 2. The number of amides is 1. The summed E-state index contributed by atoms with van der Waals surface area (Å²) in [5.74, 6) is -0.377. The van der Waals surface area contributed by atoms with Crippen LogP contribution in [0, 0.1) is 28.1 Å². The molecule has 5 nitrogen and oxygen atoms in total. The van der Waals surface area contributed by atoms with Gasteiger partial charge in [-0.25, -0.2) is 0 Å². The largest absolute Gasteiger partial charge is 0.370 e. The molecule has 64 valence electrons. The molecule has 0 spiro atoms. The van der Waals surface area contributed by atoms with Gasteiger partial charge in [-0.15, -0.1) is 0 Å². The fraction of sp³-hybridized carbons (Fsp3) is 0.375. The second-order valence-corrected chi connectivity index (χ2v) is 3.08. The highest BCUT2D eigenvalue weighted by Gasteiger charge is 2.52. The third kappa shape index (κ3) is 0.759.